The molecule has 0 fully saturated rings. The van der Waals surface area contributed by atoms with Gasteiger partial charge in [0.15, 0.2) is 0 Å². The molecule has 0 bridgehead atoms. The predicted octanol–water partition coefficient (Wildman–Crippen LogP) is 2.66. The number of methoxy groups -OCH3 is 2. The van der Waals surface area contributed by atoms with Crippen molar-refractivity contribution in [2.45, 2.75) is 27.7 Å². The molecule has 0 amide bonds. The summed E-state index contributed by atoms with van der Waals surface area (Å²) >= 11 is 0. The van der Waals surface area contributed by atoms with E-state index in [2.05, 4.69) is 0 Å². The van der Waals surface area contributed by atoms with Crippen molar-refractivity contribution in [1.29, 1.82) is 0 Å². The van der Waals surface area contributed by atoms with Crippen molar-refractivity contribution in [3.8, 4) is 0 Å². The second-order valence-corrected chi connectivity index (χ2v) is 3.89. The minimum Gasteiger partial charge on any atom is -0.500 e. The lowest BCUT2D eigenvalue weighted by atomic mass is 9.87. The second-order valence-electron chi connectivity index (χ2n) is 3.89. The molecule has 4 nitrogen and oxygen atoms in total. The summed E-state index contributed by atoms with van der Waals surface area (Å²) in [5.41, 5.74) is -0.628. The molecule has 0 aromatic carbocycles. The highest BCUT2D eigenvalue weighted by Crippen LogP contribution is 2.35. The number of rotatable bonds is 6. The van der Waals surface area contributed by atoms with Crippen molar-refractivity contribution < 1.29 is 20.4 Å². The molecule has 0 aliphatic rings. The first-order valence-electron chi connectivity index (χ1n) is 6.16. The van der Waals surface area contributed by atoms with E-state index < -0.39 is 11.4 Å². The largest absolute Gasteiger partial charge is 0.500 e. The van der Waals surface area contributed by atoms with Crippen LogP contribution in [-0.4, -0.2) is 26.8 Å². The quantitative estimate of drug-likeness (QED) is 0.409. The van der Waals surface area contributed by atoms with Gasteiger partial charge < -0.3 is 14.2 Å². The molecule has 0 rings (SSSR count). The van der Waals surface area contributed by atoms with Crippen LogP contribution in [0.2, 0.25) is 0 Å². The summed E-state index contributed by atoms with van der Waals surface area (Å²) in [6.07, 6.45) is 3.06. The lowest BCUT2D eigenvalue weighted by Gasteiger charge is -2.28. The molecule has 0 heterocycles. The number of carbonyl (C=O) groups is 1. The van der Waals surface area contributed by atoms with Gasteiger partial charge in [-0.15, -0.1) is 0 Å². The zero-order valence-corrected chi connectivity index (χ0v) is 11.2. The number of allylic oxidation sites excluding steroid dienone is 1. The Kier molecular flexibility index (Phi) is 5.60. The third-order valence-electron chi connectivity index (χ3n) is 2.41. The monoisotopic (exact) mass is 243 g/mol. The van der Waals surface area contributed by atoms with Crippen molar-refractivity contribution in [2.24, 2.45) is 5.41 Å². The molecule has 98 valence electrons. The summed E-state index contributed by atoms with van der Waals surface area (Å²) in [4.78, 5) is 11.5. The topological polar surface area (TPSA) is 44.8 Å². The van der Waals surface area contributed by atoms with Crippen molar-refractivity contribution in [2.75, 3.05) is 20.8 Å². The van der Waals surface area contributed by atoms with E-state index in [0.717, 1.165) is 0 Å². The highest BCUT2D eigenvalue weighted by atomic mass is 16.5. The first kappa shape index (κ1) is 13.6. The number of ether oxygens (including phenoxy) is 3. The molecule has 0 aliphatic carbocycles. The van der Waals surface area contributed by atoms with Crippen LogP contribution in [0.15, 0.2) is 23.7 Å². The Labute approximate surface area is 105 Å². The molecule has 0 spiro atoms. The fourth-order valence-corrected chi connectivity index (χ4v) is 1.55. The Morgan fingerprint density at radius 1 is 1.35 bits per heavy atom. The van der Waals surface area contributed by atoms with Crippen LogP contribution in [0.25, 0.3) is 0 Å². The molecule has 0 aromatic rings. The molecule has 0 aliphatic heterocycles. The lowest BCUT2D eigenvalue weighted by Crippen LogP contribution is -2.22. The zero-order chi connectivity index (χ0) is 14.2. The van der Waals surface area contributed by atoms with E-state index >= 15 is 0 Å². The predicted molar refractivity (Wildman–Crippen MR) is 66.3 cm³/mol. The molecule has 17 heavy (non-hydrogen) atoms. The van der Waals surface area contributed by atoms with E-state index in [0.29, 0.717) is 18.1 Å². The average molecular weight is 243 g/mol. The third kappa shape index (κ3) is 4.13. The van der Waals surface area contributed by atoms with Crippen LogP contribution >= 0.6 is 0 Å². The summed E-state index contributed by atoms with van der Waals surface area (Å²) in [5.74, 6) is 0.526. The summed E-state index contributed by atoms with van der Waals surface area (Å²) in [7, 11) is 1.29. The van der Waals surface area contributed by atoms with E-state index in [1.54, 1.807) is 20.1 Å². The van der Waals surface area contributed by atoms with Crippen molar-refractivity contribution >= 4 is 5.97 Å². The molecule has 0 atom stereocenters. The molecule has 0 saturated carbocycles. The normalized spacial score (nSPS) is 14.1. The van der Waals surface area contributed by atoms with Gasteiger partial charge in [-0.05, 0) is 33.8 Å². The van der Waals surface area contributed by atoms with Gasteiger partial charge in [-0.2, -0.15) is 0 Å². The number of hydrogen-bond donors (Lipinski definition) is 0. The summed E-state index contributed by atoms with van der Waals surface area (Å²) in [5, 5.41) is 0. The Morgan fingerprint density at radius 3 is 2.41 bits per heavy atom. The smallest absolute Gasteiger partial charge is 0.334 e. The second kappa shape index (κ2) is 6.99. The van der Waals surface area contributed by atoms with E-state index in [1.165, 1.54) is 6.08 Å². The Morgan fingerprint density at radius 2 is 2.00 bits per heavy atom. The SMILES string of the molecule is [2H]CO/C(=C\C(=O)OCC)C(C)(C)/C(=C/C)OC. The van der Waals surface area contributed by atoms with Gasteiger partial charge in [0, 0.05) is 0 Å². The Bertz CT molecular complexity index is 332. The molecule has 4 heteroatoms. The summed E-state index contributed by atoms with van der Waals surface area (Å²) in [6.45, 7) is 7.57. The lowest BCUT2D eigenvalue weighted by molar-refractivity contribution is -0.137. The zero-order valence-electron chi connectivity index (χ0n) is 12.2. The van der Waals surface area contributed by atoms with Gasteiger partial charge in [0.05, 0.1) is 33.7 Å². The van der Waals surface area contributed by atoms with Gasteiger partial charge in [0.25, 0.3) is 0 Å². The standard InChI is InChI=1S/C13H22O4/c1-7-10(15-5)13(3,4)11(16-6)9-12(14)17-8-2/h7,9H,8H2,1-6H3/b10-7-,11-9-/i6D. The van der Waals surface area contributed by atoms with Crippen LogP contribution in [-0.2, 0) is 19.0 Å². The molecule has 0 radical (unpaired) electrons. The van der Waals surface area contributed by atoms with Crippen molar-refractivity contribution in [3.05, 3.63) is 23.7 Å². The average Bonchev–Trinajstić information content (AvgIpc) is 2.30. The van der Waals surface area contributed by atoms with E-state index in [9.17, 15) is 4.79 Å². The highest BCUT2D eigenvalue weighted by Gasteiger charge is 2.31. The number of carbonyl (C=O) groups excluding carboxylic acids is 1. The van der Waals surface area contributed by atoms with Crippen LogP contribution in [0.1, 0.15) is 29.1 Å². The van der Waals surface area contributed by atoms with Crippen LogP contribution < -0.4 is 0 Å². The maximum Gasteiger partial charge on any atom is 0.334 e. The highest BCUT2D eigenvalue weighted by molar-refractivity contribution is 5.82. The van der Waals surface area contributed by atoms with Gasteiger partial charge in [-0.25, -0.2) is 4.79 Å². The first-order valence-corrected chi connectivity index (χ1v) is 5.45. The molecule has 0 saturated heterocycles. The maximum absolute atomic E-state index is 11.5. The number of hydrogen-bond acceptors (Lipinski definition) is 4. The number of esters is 1. The minimum atomic E-state index is -0.628. The first-order chi connectivity index (χ1) is 8.43. The molecule has 0 aromatic heterocycles. The Hall–Kier alpha value is -1.45. The van der Waals surface area contributed by atoms with Crippen LogP contribution in [0.5, 0.6) is 0 Å². The van der Waals surface area contributed by atoms with Crippen LogP contribution in [0.4, 0.5) is 0 Å². The van der Waals surface area contributed by atoms with Gasteiger partial charge in [-0.1, -0.05) is 0 Å². The van der Waals surface area contributed by atoms with Crippen molar-refractivity contribution in [3.63, 3.8) is 0 Å². The maximum atomic E-state index is 11.5. The molecule has 0 unspecified atom stereocenters. The molecular formula is C13H22O4. The molecule has 0 N–H and O–H groups in total. The van der Waals surface area contributed by atoms with Gasteiger partial charge in [0.1, 0.15) is 11.5 Å². The van der Waals surface area contributed by atoms with Gasteiger partial charge >= 0.3 is 5.97 Å². The fourth-order valence-electron chi connectivity index (χ4n) is 1.55. The van der Waals surface area contributed by atoms with Crippen molar-refractivity contribution in [1.82, 2.24) is 0 Å². The molecular weight excluding hydrogens is 220 g/mol. The van der Waals surface area contributed by atoms with Gasteiger partial charge in [-0.3, -0.25) is 0 Å². The van der Waals surface area contributed by atoms with Crippen LogP contribution in [0, 0.1) is 5.41 Å². The van der Waals surface area contributed by atoms with Crippen LogP contribution in [0.3, 0.4) is 0 Å². The van der Waals surface area contributed by atoms with E-state index in [1.807, 2.05) is 20.8 Å². The summed E-state index contributed by atoms with van der Waals surface area (Å²) < 4.78 is 22.5. The third-order valence-corrected chi connectivity index (χ3v) is 2.41. The fraction of sp³-hybridized carbons (Fsp3) is 0.615. The summed E-state index contributed by atoms with van der Waals surface area (Å²) in [6, 6.07) is 0. The van der Waals surface area contributed by atoms with Gasteiger partial charge in [0.2, 0.25) is 0 Å². The Balaban J connectivity index is 5.27. The van der Waals surface area contributed by atoms with E-state index in [-0.39, 0.29) is 7.09 Å². The van der Waals surface area contributed by atoms with E-state index in [4.69, 9.17) is 15.6 Å². The minimum absolute atomic E-state index is 0.268.